The third-order valence-corrected chi connectivity index (χ3v) is 20.9. The van der Waals surface area contributed by atoms with E-state index in [1.54, 1.807) is 0 Å². The van der Waals surface area contributed by atoms with E-state index in [0.717, 1.165) is 114 Å². The zero-order valence-electron chi connectivity index (χ0n) is 53.4. The predicted octanol–water partition coefficient (Wildman–Crippen LogP) is 24.3. The first-order chi connectivity index (χ1) is 48.0. The summed E-state index contributed by atoms with van der Waals surface area (Å²) in [5, 5.41) is 0. The Hall–Kier alpha value is -12.3. The Labute approximate surface area is 567 Å². The van der Waals surface area contributed by atoms with Gasteiger partial charge in [-0.05, 0) is 190 Å². The van der Waals surface area contributed by atoms with Gasteiger partial charge >= 0.3 is 0 Å². The summed E-state index contributed by atoms with van der Waals surface area (Å²) in [5.41, 5.74) is 46.2. The Morgan fingerprint density at radius 1 is 0.237 bits per heavy atom. The lowest BCUT2D eigenvalue weighted by Gasteiger charge is -2.47. The van der Waals surface area contributed by atoms with Gasteiger partial charge in [0.25, 0.3) is 0 Å². The molecule has 4 aliphatic rings. The van der Waals surface area contributed by atoms with E-state index in [2.05, 4.69) is 356 Å². The van der Waals surface area contributed by atoms with Crippen LogP contribution in [0.4, 0.5) is 39.8 Å². The molecule has 3 heteroatoms. The smallest absolute Gasteiger partial charge is 0.0619 e. The van der Waals surface area contributed by atoms with Crippen LogP contribution in [0.3, 0.4) is 0 Å². The second-order valence-corrected chi connectivity index (χ2v) is 26.4. The summed E-state index contributed by atoms with van der Waals surface area (Å²) in [5.74, 6) is -0.385. The predicted molar refractivity (Wildman–Crippen MR) is 404 cm³/mol. The van der Waals surface area contributed by atoms with Crippen LogP contribution in [0.5, 0.6) is 0 Å². The van der Waals surface area contributed by atoms with E-state index in [9.17, 15) is 0 Å². The third-order valence-electron chi connectivity index (χ3n) is 20.9. The molecule has 456 valence electrons. The van der Waals surface area contributed by atoms with Gasteiger partial charge in [-0.2, -0.15) is 0 Å². The molecule has 0 saturated carbocycles. The van der Waals surface area contributed by atoms with Crippen molar-refractivity contribution in [1.29, 1.82) is 0 Å². The fraction of sp³-hybridized carbons (Fsp3) is 0.0426. The Balaban J connectivity index is 1.000. The van der Waals surface area contributed by atoms with Crippen LogP contribution in [0.15, 0.2) is 346 Å². The van der Waals surface area contributed by atoms with Crippen LogP contribution in [-0.2, 0) is 12.8 Å². The van der Waals surface area contributed by atoms with E-state index in [-0.39, 0.29) is 11.8 Å². The van der Waals surface area contributed by atoms with Crippen LogP contribution in [0.2, 0.25) is 0 Å². The van der Waals surface area contributed by atoms with Crippen molar-refractivity contribution in [3.8, 4) is 89.0 Å². The number of nitrogens with two attached hydrogens (primary N) is 1. The zero-order chi connectivity index (χ0) is 64.1. The van der Waals surface area contributed by atoms with Crippen molar-refractivity contribution >= 4 is 39.8 Å². The quantitative estimate of drug-likeness (QED) is 0.139. The number of hydrogen-bond donors (Lipinski definition) is 1. The second-order valence-electron chi connectivity index (χ2n) is 26.4. The molecule has 15 aromatic rings. The molecule has 2 N–H and O–H groups in total. The average molecular weight is 1240 g/mol. The standard InChI is InChI=1S/C94H65N3/c95-74-47-48-79-86(59-74)97(94-82(64-34-15-5-16-35-64)55-72(61-28-9-2-10-29-61)56-83(94)65-36-17-6-18-37-65)88-58-73(90-76-43-23-19-38-66(76)50-67-39-20-24-44-77(67)90)57-87-92(88)91(79)84-52-69(78-45-25-41-70-51-68-40-21-22-42-75(68)89(70)78)46-49-85(84)96(87)93-80(62-30-11-3-12-31-62)53-71(60-26-7-1-8-27-60)54-81(93)63-32-13-4-14-33-63/h1-49,52-59,90-91H,50-51,95H2. The molecule has 15 aromatic carbocycles. The highest BCUT2D eigenvalue weighted by molar-refractivity contribution is 6.08. The number of hydrogen-bond acceptors (Lipinski definition) is 3. The first-order valence-corrected chi connectivity index (χ1v) is 33.9. The highest BCUT2D eigenvalue weighted by atomic mass is 15.2. The Bertz CT molecular complexity index is 5420. The molecule has 2 aliphatic carbocycles. The Kier molecular flexibility index (Phi) is 13.4. The molecule has 0 fully saturated rings. The summed E-state index contributed by atoms with van der Waals surface area (Å²) in [4.78, 5) is 5.35. The second kappa shape index (κ2) is 23.0. The molecule has 1 atom stereocenters. The average Bonchev–Trinajstić information content (AvgIpc) is 0.895. The monoisotopic (exact) mass is 1240 g/mol. The number of benzene rings is 15. The molecule has 3 nitrogen and oxygen atoms in total. The van der Waals surface area contributed by atoms with Gasteiger partial charge in [0, 0.05) is 45.3 Å². The van der Waals surface area contributed by atoms with Gasteiger partial charge in [0.15, 0.2) is 0 Å². The van der Waals surface area contributed by atoms with Gasteiger partial charge in [0.1, 0.15) is 0 Å². The third kappa shape index (κ3) is 9.33. The molecule has 1 unspecified atom stereocenters. The molecule has 0 spiro atoms. The number of rotatable bonds is 10. The van der Waals surface area contributed by atoms with Crippen LogP contribution in [-0.4, -0.2) is 0 Å². The van der Waals surface area contributed by atoms with E-state index < -0.39 is 0 Å². The molecule has 0 radical (unpaired) electrons. The SMILES string of the molecule is Nc1ccc2c(c1)N(c1c(-c3ccccc3)cc(-c3ccccc3)cc1-c1ccccc1)c1cc(C3c4ccccc4Cc4ccccc43)cc3c1C2c1cc(-c2cccc4c2-c2ccccc2C4)ccc1N3c1c(-c2ccccc2)cc(-c2ccccc2)cc1-c1ccccc1. The molecule has 97 heavy (non-hydrogen) atoms. The first kappa shape index (κ1) is 56.3. The van der Waals surface area contributed by atoms with E-state index in [1.807, 2.05) is 0 Å². The van der Waals surface area contributed by atoms with E-state index >= 15 is 0 Å². The van der Waals surface area contributed by atoms with Crippen LogP contribution in [0.25, 0.3) is 89.0 Å². The Morgan fingerprint density at radius 3 is 1.15 bits per heavy atom. The highest BCUT2D eigenvalue weighted by Gasteiger charge is 2.45. The van der Waals surface area contributed by atoms with Crippen LogP contribution in [0, 0.1) is 0 Å². The van der Waals surface area contributed by atoms with Crippen molar-refractivity contribution in [2.24, 2.45) is 0 Å². The van der Waals surface area contributed by atoms with Crippen molar-refractivity contribution < 1.29 is 0 Å². The van der Waals surface area contributed by atoms with Gasteiger partial charge in [0.05, 0.1) is 34.1 Å². The lowest BCUT2D eigenvalue weighted by Crippen LogP contribution is -2.31. The molecule has 0 amide bonds. The summed E-state index contributed by atoms with van der Waals surface area (Å²) in [6, 6.07) is 130. The topological polar surface area (TPSA) is 32.5 Å². The van der Waals surface area contributed by atoms with Crippen molar-refractivity contribution in [3.63, 3.8) is 0 Å². The van der Waals surface area contributed by atoms with Gasteiger partial charge < -0.3 is 15.5 Å². The molecule has 0 aromatic heterocycles. The van der Waals surface area contributed by atoms with Gasteiger partial charge in [-0.1, -0.05) is 285 Å². The van der Waals surface area contributed by atoms with Gasteiger partial charge in [0.2, 0.25) is 0 Å². The minimum atomic E-state index is -0.264. The zero-order valence-corrected chi connectivity index (χ0v) is 53.4. The number of fused-ring (bicyclic) bond motifs is 9. The molecule has 0 bridgehead atoms. The maximum absolute atomic E-state index is 7.37. The van der Waals surface area contributed by atoms with E-state index in [1.165, 1.54) is 77.9 Å². The number of nitrogens with zero attached hydrogens (tertiary/aromatic N) is 2. The lowest BCUT2D eigenvalue weighted by molar-refractivity contribution is 0.870. The number of anilines is 7. The summed E-state index contributed by atoms with van der Waals surface area (Å²) >= 11 is 0. The first-order valence-electron chi connectivity index (χ1n) is 33.9. The fourth-order valence-corrected chi connectivity index (χ4v) is 16.7. The van der Waals surface area contributed by atoms with Crippen molar-refractivity contribution in [2.45, 2.75) is 24.7 Å². The number of nitrogen functional groups attached to an aromatic ring is 1. The highest BCUT2D eigenvalue weighted by Crippen LogP contribution is 2.66. The fourth-order valence-electron chi connectivity index (χ4n) is 16.7. The normalized spacial score (nSPS) is 13.8. The summed E-state index contributed by atoms with van der Waals surface area (Å²) < 4.78 is 0. The van der Waals surface area contributed by atoms with Crippen LogP contribution < -0.4 is 15.5 Å². The molecule has 2 aliphatic heterocycles. The molecule has 0 saturated heterocycles. The van der Waals surface area contributed by atoms with Gasteiger partial charge in [-0.25, -0.2) is 0 Å². The van der Waals surface area contributed by atoms with Crippen molar-refractivity contribution in [3.05, 3.63) is 401 Å². The molecule has 2 heterocycles. The van der Waals surface area contributed by atoms with Crippen molar-refractivity contribution in [2.75, 3.05) is 15.5 Å². The summed E-state index contributed by atoms with van der Waals surface area (Å²) in [6.07, 6.45) is 1.77. The maximum Gasteiger partial charge on any atom is 0.0619 e. The molecular weight excluding hydrogens is 1170 g/mol. The molecular formula is C94H65N3. The summed E-state index contributed by atoms with van der Waals surface area (Å²) in [7, 11) is 0. The van der Waals surface area contributed by atoms with Crippen LogP contribution in [0.1, 0.15) is 67.5 Å². The van der Waals surface area contributed by atoms with E-state index in [0.29, 0.717) is 5.69 Å². The van der Waals surface area contributed by atoms with Crippen molar-refractivity contribution in [1.82, 2.24) is 0 Å². The van der Waals surface area contributed by atoms with Gasteiger partial charge in [-0.15, -0.1) is 0 Å². The minimum absolute atomic E-state index is 0.121. The maximum atomic E-state index is 7.37. The lowest BCUT2D eigenvalue weighted by atomic mass is 9.71. The van der Waals surface area contributed by atoms with Crippen LogP contribution >= 0.6 is 0 Å². The molecule has 19 rings (SSSR count). The largest absolute Gasteiger partial charge is 0.399 e. The summed E-state index contributed by atoms with van der Waals surface area (Å²) in [6.45, 7) is 0. The van der Waals surface area contributed by atoms with Gasteiger partial charge in [-0.3, -0.25) is 0 Å². The minimum Gasteiger partial charge on any atom is -0.399 e. The Morgan fingerprint density at radius 2 is 0.649 bits per heavy atom. The van der Waals surface area contributed by atoms with E-state index in [4.69, 9.17) is 5.73 Å².